The molecule has 0 saturated heterocycles. The number of hydrogen-bond donors (Lipinski definition) is 3. The van der Waals surface area contributed by atoms with Crippen molar-refractivity contribution in [3.63, 3.8) is 0 Å². The molecule has 0 aliphatic carbocycles. The van der Waals surface area contributed by atoms with E-state index in [1.165, 1.54) is 0 Å². The number of fused-ring (bicyclic) bond motifs is 1. The van der Waals surface area contributed by atoms with Gasteiger partial charge in [-0.05, 0) is 36.8 Å². The third-order valence-electron chi connectivity index (χ3n) is 4.48. The molecule has 0 unspecified atom stereocenters. The van der Waals surface area contributed by atoms with E-state index in [0.29, 0.717) is 11.5 Å². The van der Waals surface area contributed by atoms with Crippen LogP contribution in [0.4, 0.5) is 22.0 Å². The third kappa shape index (κ3) is 4.32. The number of carbonyl (C=O) groups is 1. The molecule has 4 rings (SSSR count). The zero-order chi connectivity index (χ0) is 20.2. The molecule has 0 spiro atoms. The molecule has 146 valence electrons. The highest BCUT2D eigenvalue weighted by Gasteiger charge is 2.10. The Labute approximate surface area is 168 Å². The third-order valence-corrected chi connectivity index (χ3v) is 4.48. The first-order valence-corrected chi connectivity index (χ1v) is 9.23. The Morgan fingerprint density at radius 3 is 2.59 bits per heavy atom. The summed E-state index contributed by atoms with van der Waals surface area (Å²) in [5, 5.41) is 13.2. The SMILES string of the molecule is C[C@H](Nc1cnc2cnn(C)c2n1)c1cccc(NC(=O)Nc2ccccc2)c1. The molecule has 8 heteroatoms. The van der Waals surface area contributed by atoms with E-state index in [2.05, 4.69) is 31.0 Å². The minimum atomic E-state index is -0.290. The van der Waals surface area contributed by atoms with E-state index in [9.17, 15) is 4.79 Å². The summed E-state index contributed by atoms with van der Waals surface area (Å²) in [6, 6.07) is 16.7. The predicted octanol–water partition coefficient (Wildman–Crippen LogP) is 4.18. The summed E-state index contributed by atoms with van der Waals surface area (Å²) in [6.07, 6.45) is 3.38. The Kier molecular flexibility index (Phi) is 5.07. The van der Waals surface area contributed by atoms with Gasteiger partial charge in [0.1, 0.15) is 11.3 Å². The summed E-state index contributed by atoms with van der Waals surface area (Å²) in [5.41, 5.74) is 3.92. The van der Waals surface area contributed by atoms with Crippen LogP contribution in [0.25, 0.3) is 11.2 Å². The fourth-order valence-electron chi connectivity index (χ4n) is 2.99. The van der Waals surface area contributed by atoms with Gasteiger partial charge in [0.2, 0.25) is 0 Å². The van der Waals surface area contributed by atoms with Crippen molar-refractivity contribution in [3.05, 3.63) is 72.6 Å². The lowest BCUT2D eigenvalue weighted by Crippen LogP contribution is -2.19. The van der Waals surface area contributed by atoms with Crippen LogP contribution in [0, 0.1) is 0 Å². The second-order valence-corrected chi connectivity index (χ2v) is 6.67. The van der Waals surface area contributed by atoms with E-state index in [-0.39, 0.29) is 12.1 Å². The molecule has 0 saturated carbocycles. The molecular formula is C21H21N7O. The number of rotatable bonds is 5. The molecule has 29 heavy (non-hydrogen) atoms. The first-order chi connectivity index (χ1) is 14.1. The number of anilines is 3. The Balaban J connectivity index is 1.44. The van der Waals surface area contributed by atoms with Crippen LogP contribution in [0.5, 0.6) is 0 Å². The van der Waals surface area contributed by atoms with Gasteiger partial charge in [0.15, 0.2) is 5.65 Å². The van der Waals surface area contributed by atoms with Crippen LogP contribution in [-0.2, 0) is 7.05 Å². The van der Waals surface area contributed by atoms with Crippen LogP contribution in [0.2, 0.25) is 0 Å². The van der Waals surface area contributed by atoms with Gasteiger partial charge in [-0.3, -0.25) is 0 Å². The second-order valence-electron chi connectivity index (χ2n) is 6.67. The largest absolute Gasteiger partial charge is 0.362 e. The normalized spacial score (nSPS) is 11.8. The van der Waals surface area contributed by atoms with E-state index >= 15 is 0 Å². The molecule has 3 N–H and O–H groups in total. The minimum absolute atomic E-state index is 0.0334. The van der Waals surface area contributed by atoms with Gasteiger partial charge in [0.25, 0.3) is 0 Å². The Hall–Kier alpha value is -3.94. The number of nitrogens with zero attached hydrogens (tertiary/aromatic N) is 4. The zero-order valence-corrected chi connectivity index (χ0v) is 16.1. The van der Waals surface area contributed by atoms with Crippen LogP contribution in [0.1, 0.15) is 18.5 Å². The Morgan fingerprint density at radius 1 is 1.00 bits per heavy atom. The van der Waals surface area contributed by atoms with Gasteiger partial charge in [0.05, 0.1) is 18.4 Å². The number of benzene rings is 2. The average Bonchev–Trinajstić information content (AvgIpc) is 3.09. The summed E-state index contributed by atoms with van der Waals surface area (Å²) in [5.74, 6) is 0.661. The first kappa shape index (κ1) is 18.4. The molecule has 2 heterocycles. The fourth-order valence-corrected chi connectivity index (χ4v) is 2.99. The lowest BCUT2D eigenvalue weighted by atomic mass is 10.1. The number of urea groups is 1. The number of aryl methyl sites for hydroxylation is 1. The monoisotopic (exact) mass is 387 g/mol. The molecule has 0 fully saturated rings. The van der Waals surface area contributed by atoms with Gasteiger partial charge in [0, 0.05) is 18.4 Å². The molecule has 1 atom stereocenters. The summed E-state index contributed by atoms with van der Waals surface area (Å²) < 4.78 is 1.69. The number of carbonyl (C=O) groups excluding carboxylic acids is 1. The zero-order valence-electron chi connectivity index (χ0n) is 16.1. The van der Waals surface area contributed by atoms with Gasteiger partial charge >= 0.3 is 6.03 Å². The van der Waals surface area contributed by atoms with Crippen LogP contribution in [0.15, 0.2) is 67.0 Å². The highest BCUT2D eigenvalue weighted by atomic mass is 16.2. The van der Waals surface area contributed by atoms with E-state index in [0.717, 1.165) is 22.4 Å². The fraction of sp³-hybridized carbons (Fsp3) is 0.143. The number of amides is 2. The molecule has 0 aliphatic rings. The summed E-state index contributed by atoms with van der Waals surface area (Å²) >= 11 is 0. The quantitative estimate of drug-likeness (QED) is 0.477. The lowest BCUT2D eigenvalue weighted by Gasteiger charge is -2.16. The van der Waals surface area contributed by atoms with Gasteiger partial charge < -0.3 is 16.0 Å². The van der Waals surface area contributed by atoms with Gasteiger partial charge in [-0.2, -0.15) is 5.10 Å². The molecule has 2 aromatic heterocycles. The molecule has 2 aromatic carbocycles. The van der Waals surface area contributed by atoms with Crippen molar-refractivity contribution in [1.29, 1.82) is 0 Å². The second kappa shape index (κ2) is 7.97. The maximum Gasteiger partial charge on any atom is 0.323 e. The van der Waals surface area contributed by atoms with Crippen molar-refractivity contribution in [2.75, 3.05) is 16.0 Å². The molecular weight excluding hydrogens is 366 g/mol. The van der Waals surface area contributed by atoms with Crippen molar-refractivity contribution in [2.45, 2.75) is 13.0 Å². The lowest BCUT2D eigenvalue weighted by molar-refractivity contribution is 0.262. The van der Waals surface area contributed by atoms with Crippen LogP contribution < -0.4 is 16.0 Å². The van der Waals surface area contributed by atoms with Crippen molar-refractivity contribution in [3.8, 4) is 0 Å². The van der Waals surface area contributed by atoms with Gasteiger partial charge in [-0.25, -0.2) is 19.4 Å². The van der Waals surface area contributed by atoms with E-state index < -0.39 is 0 Å². The smallest absolute Gasteiger partial charge is 0.323 e. The maximum absolute atomic E-state index is 12.2. The van der Waals surface area contributed by atoms with Crippen LogP contribution in [-0.4, -0.2) is 25.8 Å². The van der Waals surface area contributed by atoms with Crippen LogP contribution in [0.3, 0.4) is 0 Å². The number of hydrogen-bond acceptors (Lipinski definition) is 5. The molecule has 0 radical (unpaired) electrons. The molecule has 0 bridgehead atoms. The van der Waals surface area contributed by atoms with Gasteiger partial charge in [-0.1, -0.05) is 30.3 Å². The molecule has 4 aromatic rings. The maximum atomic E-state index is 12.2. The van der Waals surface area contributed by atoms with Crippen molar-refractivity contribution in [2.24, 2.45) is 7.05 Å². The highest BCUT2D eigenvalue weighted by Crippen LogP contribution is 2.22. The molecule has 8 nitrogen and oxygen atoms in total. The summed E-state index contributed by atoms with van der Waals surface area (Å²) in [6.45, 7) is 2.03. The first-order valence-electron chi connectivity index (χ1n) is 9.23. The summed E-state index contributed by atoms with van der Waals surface area (Å²) in [4.78, 5) is 21.2. The molecule has 0 aliphatic heterocycles. The standard InChI is InChI=1S/C21H21N7O/c1-14(24-19-13-22-18-12-23-28(2)20(18)27-19)15-7-6-10-17(11-15)26-21(29)25-16-8-4-3-5-9-16/h3-14H,1-2H3,(H,24,27)(H2,25,26,29)/t14-/m0/s1. The van der Waals surface area contributed by atoms with Crippen LogP contribution >= 0.6 is 0 Å². The highest BCUT2D eigenvalue weighted by molar-refractivity contribution is 5.99. The Bertz CT molecular complexity index is 1140. The number of para-hydroxylation sites is 1. The topological polar surface area (TPSA) is 96.8 Å². The van der Waals surface area contributed by atoms with Crippen molar-refractivity contribution < 1.29 is 4.79 Å². The predicted molar refractivity (Wildman–Crippen MR) is 114 cm³/mol. The average molecular weight is 387 g/mol. The Morgan fingerprint density at radius 2 is 1.76 bits per heavy atom. The number of nitrogens with one attached hydrogen (secondary N) is 3. The number of aromatic nitrogens is 4. The van der Waals surface area contributed by atoms with Gasteiger partial charge in [-0.15, -0.1) is 0 Å². The van der Waals surface area contributed by atoms with E-state index in [1.807, 2.05) is 68.6 Å². The summed E-state index contributed by atoms with van der Waals surface area (Å²) in [7, 11) is 1.83. The van der Waals surface area contributed by atoms with Crippen molar-refractivity contribution in [1.82, 2.24) is 19.7 Å². The minimum Gasteiger partial charge on any atom is -0.362 e. The molecule has 2 amide bonds. The van der Waals surface area contributed by atoms with E-state index in [1.54, 1.807) is 17.1 Å². The van der Waals surface area contributed by atoms with E-state index in [4.69, 9.17) is 0 Å². The van der Waals surface area contributed by atoms with Crippen molar-refractivity contribution >= 4 is 34.4 Å².